The van der Waals surface area contributed by atoms with Crippen molar-refractivity contribution in [1.29, 1.82) is 0 Å². The number of halogens is 1. The molecule has 3 atom stereocenters. The third kappa shape index (κ3) is 6.47. The molecule has 5 rings (SSSR count). The predicted octanol–water partition coefficient (Wildman–Crippen LogP) is 3.03. The largest absolute Gasteiger partial charge is 0.350 e. The standard InChI is InChI=1S/C28H29ClN8O2/c1-18(27(38)32-16-23-13-24(29)8-9-26(23)37-17-33-35-36-37)34-28(39)25-14-21(10-12-31-25)19-4-6-20(7-5-19)22-3-2-11-30-15-22/h2-9,11,13,15,17-18,21,25,31H,10,12,14,16H2,1H3,(H,32,38)(H,34,39)/t18-,21-,25+/m0/s1. The van der Waals surface area contributed by atoms with E-state index in [1.165, 1.54) is 16.6 Å². The summed E-state index contributed by atoms with van der Waals surface area (Å²) in [6.45, 7) is 2.60. The van der Waals surface area contributed by atoms with Gasteiger partial charge in [-0.05, 0) is 89.2 Å². The Morgan fingerprint density at radius 1 is 1.15 bits per heavy atom. The predicted molar refractivity (Wildman–Crippen MR) is 147 cm³/mol. The van der Waals surface area contributed by atoms with Crippen molar-refractivity contribution in [3.63, 3.8) is 0 Å². The zero-order chi connectivity index (χ0) is 27.2. The second kappa shape index (κ2) is 12.1. The number of piperidine rings is 1. The third-order valence-electron chi connectivity index (χ3n) is 6.94. The van der Waals surface area contributed by atoms with E-state index in [2.05, 4.69) is 60.7 Å². The van der Waals surface area contributed by atoms with Crippen molar-refractivity contribution in [2.45, 2.75) is 44.3 Å². The molecule has 3 heterocycles. The van der Waals surface area contributed by atoms with Crippen molar-refractivity contribution in [3.05, 3.63) is 89.5 Å². The van der Waals surface area contributed by atoms with Crippen LogP contribution in [0.2, 0.25) is 5.02 Å². The Labute approximate surface area is 231 Å². The minimum atomic E-state index is -0.714. The van der Waals surface area contributed by atoms with Gasteiger partial charge >= 0.3 is 0 Å². The molecule has 0 radical (unpaired) electrons. The van der Waals surface area contributed by atoms with Crippen molar-refractivity contribution in [3.8, 4) is 16.8 Å². The van der Waals surface area contributed by atoms with Gasteiger partial charge in [0.2, 0.25) is 11.8 Å². The van der Waals surface area contributed by atoms with Gasteiger partial charge in [-0.15, -0.1) is 5.10 Å². The Hall–Kier alpha value is -4.15. The van der Waals surface area contributed by atoms with Crippen LogP contribution >= 0.6 is 11.6 Å². The Balaban J connectivity index is 1.16. The summed E-state index contributed by atoms with van der Waals surface area (Å²) < 4.78 is 1.50. The molecule has 2 aromatic carbocycles. The van der Waals surface area contributed by atoms with E-state index in [9.17, 15) is 9.59 Å². The lowest BCUT2D eigenvalue weighted by atomic mass is 9.85. The lowest BCUT2D eigenvalue weighted by molar-refractivity contribution is -0.130. The van der Waals surface area contributed by atoms with Gasteiger partial charge in [-0.1, -0.05) is 41.9 Å². The number of pyridine rings is 1. The van der Waals surface area contributed by atoms with Crippen LogP contribution < -0.4 is 16.0 Å². The number of benzene rings is 2. The topological polar surface area (TPSA) is 127 Å². The average Bonchev–Trinajstić information content (AvgIpc) is 3.51. The van der Waals surface area contributed by atoms with Crippen molar-refractivity contribution in [1.82, 2.24) is 41.1 Å². The van der Waals surface area contributed by atoms with E-state index in [0.717, 1.165) is 29.7 Å². The fourth-order valence-corrected chi connectivity index (χ4v) is 5.00. The molecule has 0 saturated carbocycles. The van der Waals surface area contributed by atoms with Crippen LogP contribution in [-0.2, 0) is 16.1 Å². The Bertz CT molecular complexity index is 1410. The Morgan fingerprint density at radius 3 is 2.74 bits per heavy atom. The highest BCUT2D eigenvalue weighted by Crippen LogP contribution is 2.30. The molecule has 0 bridgehead atoms. The number of carbonyl (C=O) groups is 2. The number of nitrogens with one attached hydrogen (secondary N) is 3. The molecule has 11 heteroatoms. The summed E-state index contributed by atoms with van der Waals surface area (Å²) in [5.41, 5.74) is 4.83. The van der Waals surface area contributed by atoms with Crippen LogP contribution in [0, 0.1) is 0 Å². The van der Waals surface area contributed by atoms with E-state index < -0.39 is 6.04 Å². The van der Waals surface area contributed by atoms with Gasteiger partial charge in [0.05, 0.1) is 11.7 Å². The average molecular weight is 545 g/mol. The summed E-state index contributed by atoms with van der Waals surface area (Å²) in [5.74, 6) is -0.239. The van der Waals surface area contributed by atoms with E-state index >= 15 is 0 Å². The van der Waals surface area contributed by atoms with E-state index in [1.54, 1.807) is 31.3 Å². The molecule has 2 amide bonds. The van der Waals surface area contributed by atoms with Gasteiger partial charge in [-0.3, -0.25) is 14.6 Å². The molecule has 2 aromatic heterocycles. The summed E-state index contributed by atoms with van der Waals surface area (Å²) in [6.07, 6.45) is 6.67. The van der Waals surface area contributed by atoms with Crippen LogP contribution in [0.15, 0.2) is 73.3 Å². The molecule has 3 N–H and O–H groups in total. The van der Waals surface area contributed by atoms with Gasteiger partial charge in [0, 0.05) is 24.0 Å². The highest BCUT2D eigenvalue weighted by molar-refractivity contribution is 6.30. The quantitative estimate of drug-likeness (QED) is 0.311. The fourth-order valence-electron chi connectivity index (χ4n) is 4.81. The molecule has 1 fully saturated rings. The number of nitrogens with zero attached hydrogens (tertiary/aromatic N) is 5. The summed E-state index contributed by atoms with van der Waals surface area (Å²) >= 11 is 6.16. The number of carbonyl (C=O) groups excluding carboxylic acids is 2. The maximum absolute atomic E-state index is 13.1. The number of rotatable bonds is 8. The highest BCUT2D eigenvalue weighted by Gasteiger charge is 2.29. The van der Waals surface area contributed by atoms with Crippen LogP contribution in [0.4, 0.5) is 0 Å². The van der Waals surface area contributed by atoms with Crippen LogP contribution in [0.25, 0.3) is 16.8 Å². The number of aromatic nitrogens is 5. The van der Waals surface area contributed by atoms with Crippen molar-refractivity contribution in [2.75, 3.05) is 6.54 Å². The molecule has 10 nitrogen and oxygen atoms in total. The second-order valence-electron chi connectivity index (χ2n) is 9.57. The number of tetrazole rings is 1. The lowest BCUT2D eigenvalue weighted by Gasteiger charge is -2.30. The van der Waals surface area contributed by atoms with Crippen LogP contribution in [-0.4, -0.2) is 55.6 Å². The molecule has 0 spiro atoms. The van der Waals surface area contributed by atoms with E-state index in [4.69, 9.17) is 11.6 Å². The molecule has 200 valence electrons. The summed E-state index contributed by atoms with van der Waals surface area (Å²) in [7, 11) is 0. The minimum Gasteiger partial charge on any atom is -0.350 e. The van der Waals surface area contributed by atoms with Gasteiger partial charge in [0.25, 0.3) is 0 Å². The first-order valence-corrected chi connectivity index (χ1v) is 13.2. The fraction of sp³-hybridized carbons (Fsp3) is 0.286. The number of amides is 2. The van der Waals surface area contributed by atoms with Crippen molar-refractivity contribution < 1.29 is 9.59 Å². The molecule has 4 aromatic rings. The monoisotopic (exact) mass is 544 g/mol. The van der Waals surface area contributed by atoms with Gasteiger partial charge in [0.1, 0.15) is 12.4 Å². The van der Waals surface area contributed by atoms with E-state index in [-0.39, 0.29) is 30.3 Å². The summed E-state index contributed by atoms with van der Waals surface area (Å²) in [5, 5.41) is 20.8. The highest BCUT2D eigenvalue weighted by atomic mass is 35.5. The third-order valence-corrected chi connectivity index (χ3v) is 7.17. The molecular weight excluding hydrogens is 516 g/mol. The minimum absolute atomic E-state index is 0.188. The first-order chi connectivity index (χ1) is 19.0. The van der Waals surface area contributed by atoms with Crippen LogP contribution in [0.3, 0.4) is 0 Å². The lowest BCUT2D eigenvalue weighted by Crippen LogP contribution is -2.53. The number of hydrogen-bond donors (Lipinski definition) is 3. The zero-order valence-electron chi connectivity index (χ0n) is 21.4. The van der Waals surface area contributed by atoms with Gasteiger partial charge < -0.3 is 16.0 Å². The normalized spacial score (nSPS) is 17.8. The SMILES string of the molecule is C[C@H](NC(=O)[C@H]1C[C@@H](c2ccc(-c3cccnc3)cc2)CCN1)C(=O)NCc1cc(Cl)ccc1-n1cnnn1. The smallest absolute Gasteiger partial charge is 0.242 e. The molecular formula is C28H29ClN8O2. The van der Waals surface area contributed by atoms with Crippen molar-refractivity contribution >= 4 is 23.4 Å². The maximum atomic E-state index is 13.1. The molecule has 1 aliphatic rings. The zero-order valence-corrected chi connectivity index (χ0v) is 22.2. The van der Waals surface area contributed by atoms with Crippen LogP contribution in [0.1, 0.15) is 36.8 Å². The van der Waals surface area contributed by atoms with Gasteiger partial charge in [-0.25, -0.2) is 4.68 Å². The van der Waals surface area contributed by atoms with Gasteiger partial charge in [-0.2, -0.15) is 0 Å². The summed E-state index contributed by atoms with van der Waals surface area (Å²) in [4.78, 5) is 30.1. The van der Waals surface area contributed by atoms with E-state index in [1.807, 2.05) is 18.3 Å². The molecule has 0 aliphatic carbocycles. The molecule has 1 saturated heterocycles. The first-order valence-electron chi connectivity index (χ1n) is 12.8. The van der Waals surface area contributed by atoms with E-state index in [0.29, 0.717) is 17.1 Å². The number of hydrogen-bond acceptors (Lipinski definition) is 7. The molecule has 39 heavy (non-hydrogen) atoms. The Morgan fingerprint density at radius 2 is 2.00 bits per heavy atom. The first kappa shape index (κ1) is 26.5. The Kier molecular flexibility index (Phi) is 8.24. The van der Waals surface area contributed by atoms with Crippen LogP contribution in [0.5, 0.6) is 0 Å². The van der Waals surface area contributed by atoms with Crippen molar-refractivity contribution in [2.24, 2.45) is 0 Å². The van der Waals surface area contributed by atoms with Gasteiger partial charge in [0.15, 0.2) is 0 Å². The second-order valence-corrected chi connectivity index (χ2v) is 10.0. The summed E-state index contributed by atoms with van der Waals surface area (Å²) in [6, 6.07) is 16.6. The molecule has 1 aliphatic heterocycles. The maximum Gasteiger partial charge on any atom is 0.242 e. The molecule has 0 unspecified atom stereocenters.